The quantitative estimate of drug-likeness (QED) is 0.627. The Bertz CT molecular complexity index is 1290. The van der Waals surface area contributed by atoms with E-state index in [2.05, 4.69) is 73.7 Å². The van der Waals surface area contributed by atoms with Gasteiger partial charge in [0.15, 0.2) is 0 Å². The highest BCUT2D eigenvalue weighted by Crippen LogP contribution is 2.33. The number of nitriles is 1. The molecule has 0 spiro atoms. The van der Waals surface area contributed by atoms with Gasteiger partial charge in [0.2, 0.25) is 0 Å². The number of hydrogen-bond acceptors (Lipinski definition) is 8. The maximum atomic E-state index is 9.54. The molecule has 180 valence electrons. The summed E-state index contributed by atoms with van der Waals surface area (Å²) in [6, 6.07) is 15.6. The van der Waals surface area contributed by atoms with Crippen LogP contribution in [-0.4, -0.2) is 78.3 Å². The Morgan fingerprint density at radius 2 is 1.83 bits per heavy atom. The zero-order chi connectivity index (χ0) is 24.2. The van der Waals surface area contributed by atoms with E-state index in [9.17, 15) is 5.26 Å². The minimum absolute atomic E-state index is 0.115. The molecule has 35 heavy (non-hydrogen) atoms. The lowest BCUT2D eigenvalue weighted by Gasteiger charge is -2.52. The number of nitrogens with two attached hydrogens (primary N) is 1. The molecule has 2 N–H and O–H groups in total. The first kappa shape index (κ1) is 22.1. The zero-order valence-corrected chi connectivity index (χ0v) is 20.4. The van der Waals surface area contributed by atoms with Crippen molar-refractivity contribution in [2.24, 2.45) is 5.73 Å². The van der Waals surface area contributed by atoms with E-state index < -0.39 is 0 Å². The van der Waals surface area contributed by atoms with Crippen LogP contribution in [0, 0.1) is 11.3 Å². The number of piperazine rings is 2. The molecule has 6 rings (SSSR count). The first-order valence-corrected chi connectivity index (χ1v) is 12.5. The number of anilines is 3. The number of aromatic nitrogens is 2. The van der Waals surface area contributed by atoms with E-state index in [1.165, 1.54) is 11.4 Å². The van der Waals surface area contributed by atoms with E-state index in [1.54, 1.807) is 6.20 Å². The van der Waals surface area contributed by atoms with Gasteiger partial charge >= 0.3 is 0 Å². The summed E-state index contributed by atoms with van der Waals surface area (Å²) in [7, 11) is 0. The van der Waals surface area contributed by atoms with E-state index in [1.807, 2.05) is 18.3 Å². The summed E-state index contributed by atoms with van der Waals surface area (Å²) in [6.45, 7) is 11.1. The lowest BCUT2D eigenvalue weighted by atomic mass is 9.94. The molecule has 2 aromatic heterocycles. The van der Waals surface area contributed by atoms with Crippen molar-refractivity contribution >= 4 is 28.1 Å². The smallest absolute Gasteiger partial charge is 0.130 e. The fraction of sp³-hybridized carbons (Fsp3) is 0.444. The molecule has 3 fully saturated rings. The van der Waals surface area contributed by atoms with Gasteiger partial charge in [0.1, 0.15) is 11.9 Å². The van der Waals surface area contributed by atoms with Gasteiger partial charge in [-0.2, -0.15) is 5.26 Å². The van der Waals surface area contributed by atoms with Crippen LogP contribution in [0.15, 0.2) is 48.8 Å². The molecule has 3 aromatic rings. The van der Waals surface area contributed by atoms with Crippen molar-refractivity contribution in [1.29, 1.82) is 5.26 Å². The predicted octanol–water partition coefficient (Wildman–Crippen LogP) is 2.44. The van der Waals surface area contributed by atoms with E-state index in [-0.39, 0.29) is 5.54 Å². The SMILES string of the molecule is CC1CN(c2ccc(C#N)c3ncccc23)CC2CN(c3ccnc(N4CC(C)(N)C4)c3)CCN12. The van der Waals surface area contributed by atoms with Crippen molar-refractivity contribution in [2.45, 2.75) is 31.5 Å². The molecule has 8 nitrogen and oxygen atoms in total. The molecule has 2 unspecified atom stereocenters. The largest absolute Gasteiger partial charge is 0.368 e. The lowest BCUT2D eigenvalue weighted by molar-refractivity contribution is 0.108. The molecule has 0 aliphatic carbocycles. The van der Waals surface area contributed by atoms with Crippen molar-refractivity contribution in [3.63, 3.8) is 0 Å². The molecule has 1 aromatic carbocycles. The van der Waals surface area contributed by atoms with Crippen LogP contribution in [0.25, 0.3) is 10.9 Å². The van der Waals surface area contributed by atoms with E-state index in [0.29, 0.717) is 17.6 Å². The van der Waals surface area contributed by atoms with Gasteiger partial charge < -0.3 is 20.4 Å². The van der Waals surface area contributed by atoms with E-state index in [0.717, 1.165) is 62.5 Å². The van der Waals surface area contributed by atoms with Crippen LogP contribution in [0.4, 0.5) is 17.2 Å². The number of hydrogen-bond donors (Lipinski definition) is 1. The Labute approximate surface area is 206 Å². The zero-order valence-electron chi connectivity index (χ0n) is 20.4. The predicted molar refractivity (Wildman–Crippen MR) is 140 cm³/mol. The summed E-state index contributed by atoms with van der Waals surface area (Å²) < 4.78 is 0. The summed E-state index contributed by atoms with van der Waals surface area (Å²) in [4.78, 5) is 19.0. The van der Waals surface area contributed by atoms with Crippen LogP contribution in [0.5, 0.6) is 0 Å². The lowest BCUT2D eigenvalue weighted by Crippen LogP contribution is -2.66. The van der Waals surface area contributed by atoms with Crippen LogP contribution < -0.4 is 20.4 Å². The topological polar surface area (TPSA) is 88.5 Å². The third-order valence-electron chi connectivity index (χ3n) is 7.74. The van der Waals surface area contributed by atoms with Crippen LogP contribution >= 0.6 is 0 Å². The first-order chi connectivity index (χ1) is 16.9. The highest BCUT2D eigenvalue weighted by atomic mass is 15.4. The molecule has 3 saturated heterocycles. The molecular weight excluding hydrogens is 436 g/mol. The summed E-state index contributed by atoms with van der Waals surface area (Å²) in [6.07, 6.45) is 3.69. The fourth-order valence-corrected chi connectivity index (χ4v) is 6.08. The maximum absolute atomic E-state index is 9.54. The monoisotopic (exact) mass is 468 g/mol. The van der Waals surface area contributed by atoms with Crippen molar-refractivity contribution in [3.05, 3.63) is 54.4 Å². The Morgan fingerprint density at radius 1 is 1.00 bits per heavy atom. The molecule has 0 saturated carbocycles. The third-order valence-corrected chi connectivity index (χ3v) is 7.74. The summed E-state index contributed by atoms with van der Waals surface area (Å²) >= 11 is 0. The first-order valence-electron chi connectivity index (χ1n) is 12.5. The van der Waals surface area contributed by atoms with E-state index in [4.69, 9.17) is 5.73 Å². The van der Waals surface area contributed by atoms with Crippen molar-refractivity contribution < 1.29 is 0 Å². The summed E-state index contributed by atoms with van der Waals surface area (Å²) in [5.74, 6) is 1.02. The standard InChI is InChI=1S/C27H32N8/c1-19-14-33(24-6-5-20(13-28)26-23(24)4-3-8-31-26)16-22-15-32(10-11-35(19)22)21-7-9-30-25(12-21)34-17-27(2,29)18-34/h3-9,12,19,22H,10-11,14-18,29H2,1-2H3. The second-order valence-corrected chi connectivity index (χ2v) is 10.6. The van der Waals surface area contributed by atoms with Gasteiger partial charge in [0.05, 0.1) is 11.1 Å². The Hall–Kier alpha value is -3.41. The van der Waals surface area contributed by atoms with Gasteiger partial charge in [-0.15, -0.1) is 0 Å². The molecule has 2 atom stereocenters. The van der Waals surface area contributed by atoms with Gasteiger partial charge in [-0.3, -0.25) is 9.88 Å². The number of fused-ring (bicyclic) bond motifs is 2. The fourth-order valence-electron chi connectivity index (χ4n) is 6.08. The number of nitrogens with zero attached hydrogens (tertiary/aromatic N) is 7. The maximum Gasteiger partial charge on any atom is 0.130 e. The third kappa shape index (κ3) is 3.95. The van der Waals surface area contributed by atoms with Gasteiger partial charge in [0, 0.05) is 98.7 Å². The van der Waals surface area contributed by atoms with Crippen molar-refractivity contribution in [3.8, 4) is 6.07 Å². The molecule has 3 aliphatic rings. The molecule has 3 aliphatic heterocycles. The van der Waals surface area contributed by atoms with Gasteiger partial charge in [-0.05, 0) is 44.2 Å². The van der Waals surface area contributed by atoms with Crippen LogP contribution in [0.1, 0.15) is 19.4 Å². The number of rotatable bonds is 3. The molecular formula is C27H32N8. The van der Waals surface area contributed by atoms with Gasteiger partial charge in [-0.1, -0.05) is 0 Å². The normalized spacial score (nSPS) is 24.1. The average molecular weight is 469 g/mol. The minimum atomic E-state index is -0.115. The second kappa shape index (κ2) is 8.36. The minimum Gasteiger partial charge on any atom is -0.368 e. The molecule has 5 heterocycles. The van der Waals surface area contributed by atoms with Crippen LogP contribution in [-0.2, 0) is 0 Å². The number of benzene rings is 1. The summed E-state index contributed by atoms with van der Waals surface area (Å²) in [5, 5.41) is 10.6. The van der Waals surface area contributed by atoms with E-state index >= 15 is 0 Å². The van der Waals surface area contributed by atoms with Gasteiger partial charge in [0.25, 0.3) is 0 Å². The molecule has 0 radical (unpaired) electrons. The van der Waals surface area contributed by atoms with Gasteiger partial charge in [-0.25, -0.2) is 4.98 Å². The van der Waals surface area contributed by atoms with Crippen molar-refractivity contribution in [1.82, 2.24) is 14.9 Å². The molecule has 8 heteroatoms. The molecule has 0 bridgehead atoms. The second-order valence-electron chi connectivity index (χ2n) is 10.6. The Morgan fingerprint density at radius 3 is 2.63 bits per heavy atom. The highest BCUT2D eigenvalue weighted by Gasteiger charge is 2.38. The average Bonchev–Trinajstić information content (AvgIpc) is 2.86. The van der Waals surface area contributed by atoms with Crippen LogP contribution in [0.2, 0.25) is 0 Å². The number of pyridine rings is 2. The summed E-state index contributed by atoms with van der Waals surface area (Å²) in [5.41, 5.74) is 9.93. The van der Waals surface area contributed by atoms with Crippen LogP contribution in [0.3, 0.4) is 0 Å². The Balaban J connectivity index is 1.24. The Kier molecular flexibility index (Phi) is 5.28. The van der Waals surface area contributed by atoms with Crippen molar-refractivity contribution in [2.75, 3.05) is 60.5 Å². The molecule has 0 amide bonds. The highest BCUT2D eigenvalue weighted by molar-refractivity contribution is 5.95.